The van der Waals surface area contributed by atoms with Gasteiger partial charge in [-0.3, -0.25) is 9.59 Å². The molecule has 2 heterocycles. The number of hydrogen-bond donors (Lipinski definition) is 1. The third-order valence-corrected chi connectivity index (χ3v) is 6.44. The van der Waals surface area contributed by atoms with Gasteiger partial charge in [-0.05, 0) is 48.4 Å². The van der Waals surface area contributed by atoms with Crippen LogP contribution in [0.5, 0.6) is 17.2 Å². The lowest BCUT2D eigenvalue weighted by molar-refractivity contribution is -0.125. The Morgan fingerprint density at radius 3 is 2.46 bits per heavy atom. The van der Waals surface area contributed by atoms with Gasteiger partial charge in [0.1, 0.15) is 5.75 Å². The minimum Gasteiger partial charge on any atom is -0.497 e. The molecule has 2 aliphatic heterocycles. The lowest BCUT2D eigenvalue weighted by Crippen LogP contribution is -2.46. The van der Waals surface area contributed by atoms with Crippen LogP contribution in [0.1, 0.15) is 30.9 Å². The summed E-state index contributed by atoms with van der Waals surface area (Å²) in [6.07, 6.45) is 1.56. The summed E-state index contributed by atoms with van der Waals surface area (Å²) in [5.74, 6) is 1.42. The number of anilines is 2. The summed E-state index contributed by atoms with van der Waals surface area (Å²) in [7, 11) is 1.60. The second kappa shape index (κ2) is 10.1. The van der Waals surface area contributed by atoms with Crippen molar-refractivity contribution in [3.8, 4) is 17.2 Å². The van der Waals surface area contributed by atoms with Crippen molar-refractivity contribution in [2.45, 2.75) is 25.3 Å². The van der Waals surface area contributed by atoms with E-state index in [4.69, 9.17) is 14.2 Å². The second-order valence-electron chi connectivity index (χ2n) is 8.66. The molecule has 5 rings (SSSR count). The van der Waals surface area contributed by atoms with Crippen LogP contribution in [0.2, 0.25) is 0 Å². The zero-order valence-corrected chi connectivity index (χ0v) is 19.6. The lowest BCUT2D eigenvalue weighted by Gasteiger charge is -2.41. The van der Waals surface area contributed by atoms with Gasteiger partial charge in [-0.25, -0.2) is 0 Å². The average molecular weight is 473 g/mol. The monoisotopic (exact) mass is 472 g/mol. The Morgan fingerprint density at radius 1 is 0.971 bits per heavy atom. The minimum atomic E-state index is -0.439. The van der Waals surface area contributed by atoms with Crippen molar-refractivity contribution in [3.63, 3.8) is 0 Å². The SMILES string of the molecule is COc1ccc(N2C(=O)CC[C@H](C(=O)Nc3ccc4c(c3)OCCCO4)[C@H]2c2ccccc2)cc1. The van der Waals surface area contributed by atoms with E-state index < -0.39 is 12.0 Å². The molecule has 1 fully saturated rings. The molecule has 2 aliphatic rings. The number of rotatable bonds is 5. The number of amides is 2. The maximum atomic E-state index is 13.6. The Labute approximate surface area is 204 Å². The molecule has 2 amide bonds. The third-order valence-electron chi connectivity index (χ3n) is 6.44. The average Bonchev–Trinajstić information content (AvgIpc) is 3.14. The Morgan fingerprint density at radius 2 is 1.71 bits per heavy atom. The molecule has 2 atom stereocenters. The van der Waals surface area contributed by atoms with Crippen LogP contribution < -0.4 is 24.4 Å². The van der Waals surface area contributed by atoms with E-state index in [-0.39, 0.29) is 18.2 Å². The molecule has 7 heteroatoms. The molecule has 0 spiro atoms. The summed E-state index contributed by atoms with van der Waals surface area (Å²) in [6.45, 7) is 1.18. The van der Waals surface area contributed by atoms with Crippen molar-refractivity contribution in [1.82, 2.24) is 0 Å². The van der Waals surface area contributed by atoms with Crippen molar-refractivity contribution in [2.24, 2.45) is 5.92 Å². The maximum Gasteiger partial charge on any atom is 0.229 e. The highest BCUT2D eigenvalue weighted by Crippen LogP contribution is 2.41. The van der Waals surface area contributed by atoms with E-state index in [0.29, 0.717) is 42.6 Å². The zero-order valence-electron chi connectivity index (χ0n) is 19.6. The van der Waals surface area contributed by atoms with E-state index in [2.05, 4.69) is 5.32 Å². The number of methoxy groups -OCH3 is 1. The van der Waals surface area contributed by atoms with Crippen LogP contribution in [-0.2, 0) is 9.59 Å². The molecule has 35 heavy (non-hydrogen) atoms. The fourth-order valence-corrected chi connectivity index (χ4v) is 4.72. The molecule has 3 aromatic carbocycles. The summed E-state index contributed by atoms with van der Waals surface area (Å²) in [5, 5.41) is 3.05. The van der Waals surface area contributed by atoms with Crippen LogP contribution in [0, 0.1) is 5.92 Å². The first-order valence-corrected chi connectivity index (χ1v) is 11.9. The standard InChI is InChI=1S/C28H28N2O5/c1-33-22-11-9-21(10-12-22)30-26(31)15-13-23(27(30)19-6-3-2-4-7-19)28(32)29-20-8-14-24-25(18-20)35-17-5-16-34-24/h2-4,6-12,14,18,23,27H,5,13,15-17H2,1H3,(H,29,32)/t23-,27+/m0/s1. The molecule has 0 unspecified atom stereocenters. The number of ether oxygens (including phenoxy) is 3. The lowest BCUT2D eigenvalue weighted by atomic mass is 9.83. The van der Waals surface area contributed by atoms with Crippen molar-refractivity contribution >= 4 is 23.2 Å². The highest BCUT2D eigenvalue weighted by molar-refractivity contribution is 6.00. The van der Waals surface area contributed by atoms with Gasteiger partial charge in [0.05, 0.1) is 32.3 Å². The van der Waals surface area contributed by atoms with Gasteiger partial charge in [-0.2, -0.15) is 0 Å². The van der Waals surface area contributed by atoms with Gasteiger partial charge in [0.2, 0.25) is 11.8 Å². The molecule has 0 aromatic heterocycles. The number of benzene rings is 3. The Bertz CT molecular complexity index is 1200. The van der Waals surface area contributed by atoms with E-state index in [0.717, 1.165) is 17.7 Å². The number of piperidine rings is 1. The predicted octanol–water partition coefficient (Wildman–Crippen LogP) is 4.98. The smallest absolute Gasteiger partial charge is 0.229 e. The summed E-state index contributed by atoms with van der Waals surface area (Å²) in [6, 6.07) is 22.1. The molecular weight excluding hydrogens is 444 g/mol. The molecule has 3 aromatic rings. The van der Waals surface area contributed by atoms with Crippen LogP contribution in [0.15, 0.2) is 72.8 Å². The fraction of sp³-hybridized carbons (Fsp3) is 0.286. The highest BCUT2D eigenvalue weighted by atomic mass is 16.5. The first-order valence-electron chi connectivity index (χ1n) is 11.9. The van der Waals surface area contributed by atoms with Crippen LogP contribution >= 0.6 is 0 Å². The molecule has 1 saturated heterocycles. The van der Waals surface area contributed by atoms with Gasteiger partial charge in [-0.1, -0.05) is 30.3 Å². The Kier molecular flexibility index (Phi) is 6.57. The maximum absolute atomic E-state index is 13.6. The first-order chi connectivity index (χ1) is 17.1. The molecule has 7 nitrogen and oxygen atoms in total. The molecule has 180 valence electrons. The molecule has 0 saturated carbocycles. The van der Waals surface area contributed by atoms with Crippen molar-refractivity contribution in [1.29, 1.82) is 0 Å². The van der Waals surface area contributed by atoms with Crippen LogP contribution in [-0.4, -0.2) is 32.1 Å². The number of carbonyl (C=O) groups is 2. The van der Waals surface area contributed by atoms with Gasteiger partial charge in [0.15, 0.2) is 11.5 Å². The molecule has 0 radical (unpaired) electrons. The van der Waals surface area contributed by atoms with Gasteiger partial charge in [-0.15, -0.1) is 0 Å². The van der Waals surface area contributed by atoms with Crippen LogP contribution in [0.25, 0.3) is 0 Å². The fourth-order valence-electron chi connectivity index (χ4n) is 4.72. The molecule has 0 bridgehead atoms. The Hall–Kier alpha value is -4.00. The second-order valence-corrected chi connectivity index (χ2v) is 8.66. The third kappa shape index (κ3) is 4.80. The Balaban J connectivity index is 1.46. The first kappa shape index (κ1) is 22.8. The van der Waals surface area contributed by atoms with Crippen molar-refractivity contribution in [3.05, 3.63) is 78.4 Å². The summed E-state index contributed by atoms with van der Waals surface area (Å²) >= 11 is 0. The van der Waals surface area contributed by atoms with Gasteiger partial charge < -0.3 is 24.4 Å². The number of nitrogens with zero attached hydrogens (tertiary/aromatic N) is 1. The van der Waals surface area contributed by atoms with E-state index in [9.17, 15) is 9.59 Å². The van der Waals surface area contributed by atoms with E-state index in [1.165, 1.54) is 0 Å². The summed E-state index contributed by atoms with van der Waals surface area (Å²) in [4.78, 5) is 28.6. The topological polar surface area (TPSA) is 77.1 Å². The summed E-state index contributed by atoms with van der Waals surface area (Å²) in [5.41, 5.74) is 2.28. The van der Waals surface area contributed by atoms with Crippen LogP contribution in [0.3, 0.4) is 0 Å². The van der Waals surface area contributed by atoms with Crippen molar-refractivity contribution in [2.75, 3.05) is 30.5 Å². The van der Waals surface area contributed by atoms with E-state index >= 15 is 0 Å². The van der Waals surface area contributed by atoms with Gasteiger partial charge >= 0.3 is 0 Å². The van der Waals surface area contributed by atoms with Gasteiger partial charge in [0.25, 0.3) is 0 Å². The molecule has 0 aliphatic carbocycles. The van der Waals surface area contributed by atoms with Crippen LogP contribution in [0.4, 0.5) is 11.4 Å². The van der Waals surface area contributed by atoms with E-state index in [1.54, 1.807) is 18.1 Å². The zero-order chi connectivity index (χ0) is 24.2. The normalized spacial score (nSPS) is 19.6. The van der Waals surface area contributed by atoms with E-state index in [1.807, 2.05) is 66.7 Å². The quantitative estimate of drug-likeness (QED) is 0.567. The number of hydrogen-bond acceptors (Lipinski definition) is 5. The van der Waals surface area contributed by atoms with Crippen molar-refractivity contribution < 1.29 is 23.8 Å². The van der Waals surface area contributed by atoms with Gasteiger partial charge in [0, 0.05) is 30.3 Å². The predicted molar refractivity (Wildman–Crippen MR) is 133 cm³/mol. The number of carbonyl (C=O) groups excluding carboxylic acids is 2. The number of nitrogens with one attached hydrogen (secondary N) is 1. The largest absolute Gasteiger partial charge is 0.497 e. The minimum absolute atomic E-state index is 0.0105. The highest BCUT2D eigenvalue weighted by Gasteiger charge is 2.41. The molecule has 1 N–H and O–H groups in total. The molecular formula is C28H28N2O5. The number of fused-ring (bicyclic) bond motifs is 1. The summed E-state index contributed by atoms with van der Waals surface area (Å²) < 4.78 is 16.8.